The monoisotopic (exact) mass is 275 g/mol. The van der Waals surface area contributed by atoms with E-state index in [1.807, 2.05) is 6.07 Å². The SMILES string of the molecule is CCN(CCCl)Cc1cccc(Br)c1. The normalized spacial score (nSPS) is 10.9. The van der Waals surface area contributed by atoms with E-state index in [9.17, 15) is 0 Å². The molecule has 78 valence electrons. The van der Waals surface area contributed by atoms with Crippen molar-refractivity contribution < 1.29 is 0 Å². The molecule has 0 atom stereocenters. The highest BCUT2D eigenvalue weighted by molar-refractivity contribution is 9.10. The summed E-state index contributed by atoms with van der Waals surface area (Å²) in [5, 5.41) is 0. The Labute approximate surface area is 99.2 Å². The molecule has 0 heterocycles. The van der Waals surface area contributed by atoms with Gasteiger partial charge in [-0.2, -0.15) is 0 Å². The minimum atomic E-state index is 0.696. The van der Waals surface area contributed by atoms with Gasteiger partial charge in [0.2, 0.25) is 0 Å². The van der Waals surface area contributed by atoms with Crippen molar-refractivity contribution >= 4 is 27.5 Å². The second-order valence-electron chi connectivity index (χ2n) is 3.19. The van der Waals surface area contributed by atoms with Crippen molar-refractivity contribution in [3.63, 3.8) is 0 Å². The Morgan fingerprint density at radius 3 is 2.79 bits per heavy atom. The van der Waals surface area contributed by atoms with Crippen molar-refractivity contribution in [2.24, 2.45) is 0 Å². The Kier molecular flexibility index (Phi) is 5.53. The van der Waals surface area contributed by atoms with E-state index >= 15 is 0 Å². The van der Waals surface area contributed by atoms with Crippen LogP contribution in [-0.4, -0.2) is 23.9 Å². The lowest BCUT2D eigenvalue weighted by molar-refractivity contribution is 0.297. The lowest BCUT2D eigenvalue weighted by atomic mass is 10.2. The van der Waals surface area contributed by atoms with Gasteiger partial charge in [-0.25, -0.2) is 0 Å². The van der Waals surface area contributed by atoms with E-state index in [4.69, 9.17) is 11.6 Å². The highest BCUT2D eigenvalue weighted by Crippen LogP contribution is 2.13. The summed E-state index contributed by atoms with van der Waals surface area (Å²) in [6.45, 7) is 5.12. The molecule has 0 aliphatic rings. The first-order valence-electron chi connectivity index (χ1n) is 4.79. The van der Waals surface area contributed by atoms with Crippen LogP contribution in [0.4, 0.5) is 0 Å². The fraction of sp³-hybridized carbons (Fsp3) is 0.455. The number of hydrogen-bond acceptors (Lipinski definition) is 1. The molecule has 1 nitrogen and oxygen atoms in total. The standard InChI is InChI=1S/C11H15BrClN/c1-2-14(7-6-13)9-10-4-3-5-11(12)8-10/h3-5,8H,2,6-7,9H2,1H3. The van der Waals surface area contributed by atoms with Crippen molar-refractivity contribution in [2.75, 3.05) is 19.0 Å². The molecule has 3 heteroatoms. The summed E-state index contributed by atoms with van der Waals surface area (Å²) in [6.07, 6.45) is 0. The molecule has 0 fully saturated rings. The van der Waals surface area contributed by atoms with Crippen LogP contribution >= 0.6 is 27.5 Å². The number of halogens is 2. The average Bonchev–Trinajstić information content (AvgIpc) is 2.17. The highest BCUT2D eigenvalue weighted by atomic mass is 79.9. The lowest BCUT2D eigenvalue weighted by Gasteiger charge is -2.18. The van der Waals surface area contributed by atoms with Crippen molar-refractivity contribution in [1.82, 2.24) is 4.90 Å². The van der Waals surface area contributed by atoms with Crippen LogP contribution in [0, 0.1) is 0 Å². The second kappa shape index (κ2) is 6.44. The minimum Gasteiger partial charge on any atom is -0.298 e. The zero-order valence-corrected chi connectivity index (χ0v) is 10.7. The number of nitrogens with zero attached hydrogens (tertiary/aromatic N) is 1. The molecule has 0 saturated carbocycles. The summed E-state index contributed by atoms with van der Waals surface area (Å²) < 4.78 is 1.14. The van der Waals surface area contributed by atoms with Gasteiger partial charge in [-0.05, 0) is 24.2 Å². The van der Waals surface area contributed by atoms with Gasteiger partial charge in [0.05, 0.1) is 0 Å². The molecule has 0 aliphatic heterocycles. The number of benzene rings is 1. The Balaban J connectivity index is 2.57. The van der Waals surface area contributed by atoms with Gasteiger partial charge in [0, 0.05) is 23.4 Å². The maximum absolute atomic E-state index is 5.72. The lowest BCUT2D eigenvalue weighted by Crippen LogP contribution is -2.24. The summed E-state index contributed by atoms with van der Waals surface area (Å²) in [5.41, 5.74) is 1.33. The fourth-order valence-electron chi connectivity index (χ4n) is 1.36. The van der Waals surface area contributed by atoms with Gasteiger partial charge < -0.3 is 0 Å². The molecule has 0 radical (unpaired) electrons. The van der Waals surface area contributed by atoms with Crippen molar-refractivity contribution in [3.8, 4) is 0 Å². The molecule has 0 spiro atoms. The van der Waals surface area contributed by atoms with E-state index in [0.29, 0.717) is 5.88 Å². The Bertz CT molecular complexity index is 278. The molecular formula is C11H15BrClN. The van der Waals surface area contributed by atoms with Crippen molar-refractivity contribution in [3.05, 3.63) is 34.3 Å². The van der Waals surface area contributed by atoms with E-state index in [0.717, 1.165) is 24.1 Å². The zero-order chi connectivity index (χ0) is 10.4. The first kappa shape index (κ1) is 12.0. The van der Waals surface area contributed by atoms with Crippen LogP contribution in [0.2, 0.25) is 0 Å². The van der Waals surface area contributed by atoms with E-state index in [1.54, 1.807) is 0 Å². The van der Waals surface area contributed by atoms with Gasteiger partial charge in [-0.1, -0.05) is 35.0 Å². The fourth-order valence-corrected chi connectivity index (χ4v) is 2.05. The summed E-state index contributed by atoms with van der Waals surface area (Å²) in [6, 6.07) is 8.40. The molecule has 1 aromatic rings. The molecule has 0 bridgehead atoms. The zero-order valence-electron chi connectivity index (χ0n) is 8.34. The molecule has 1 rings (SSSR count). The third-order valence-electron chi connectivity index (χ3n) is 2.14. The minimum absolute atomic E-state index is 0.696. The third kappa shape index (κ3) is 3.99. The third-order valence-corrected chi connectivity index (χ3v) is 2.81. The van der Waals surface area contributed by atoms with Gasteiger partial charge in [0.1, 0.15) is 0 Å². The smallest absolute Gasteiger partial charge is 0.0351 e. The van der Waals surface area contributed by atoms with E-state index in [1.165, 1.54) is 5.56 Å². The van der Waals surface area contributed by atoms with E-state index < -0.39 is 0 Å². The van der Waals surface area contributed by atoms with Crippen LogP contribution < -0.4 is 0 Å². The van der Waals surface area contributed by atoms with Gasteiger partial charge in [-0.3, -0.25) is 4.90 Å². The first-order valence-corrected chi connectivity index (χ1v) is 6.11. The molecule has 0 saturated heterocycles. The predicted octanol–water partition coefficient (Wildman–Crippen LogP) is 3.51. The van der Waals surface area contributed by atoms with Gasteiger partial charge in [0.15, 0.2) is 0 Å². The van der Waals surface area contributed by atoms with Crippen molar-refractivity contribution in [1.29, 1.82) is 0 Å². The maximum Gasteiger partial charge on any atom is 0.0351 e. The van der Waals surface area contributed by atoms with Crippen molar-refractivity contribution in [2.45, 2.75) is 13.5 Å². The first-order chi connectivity index (χ1) is 6.76. The van der Waals surface area contributed by atoms with Gasteiger partial charge in [0.25, 0.3) is 0 Å². The summed E-state index contributed by atoms with van der Waals surface area (Å²) >= 11 is 9.19. The largest absolute Gasteiger partial charge is 0.298 e. The molecule has 1 aromatic carbocycles. The molecular weight excluding hydrogens is 261 g/mol. The van der Waals surface area contributed by atoms with Crippen LogP contribution in [0.5, 0.6) is 0 Å². The second-order valence-corrected chi connectivity index (χ2v) is 4.48. The highest BCUT2D eigenvalue weighted by Gasteiger charge is 2.02. The number of alkyl halides is 1. The molecule has 0 N–H and O–H groups in total. The average molecular weight is 277 g/mol. The van der Waals surface area contributed by atoms with Crippen LogP contribution in [0.25, 0.3) is 0 Å². The Morgan fingerprint density at radius 1 is 1.43 bits per heavy atom. The number of hydrogen-bond donors (Lipinski definition) is 0. The summed E-state index contributed by atoms with van der Waals surface area (Å²) in [7, 11) is 0. The van der Waals surface area contributed by atoms with Gasteiger partial charge >= 0.3 is 0 Å². The molecule has 0 unspecified atom stereocenters. The van der Waals surface area contributed by atoms with Crippen LogP contribution in [0.15, 0.2) is 28.7 Å². The maximum atomic E-state index is 5.72. The molecule has 0 aromatic heterocycles. The van der Waals surface area contributed by atoms with E-state index in [-0.39, 0.29) is 0 Å². The van der Waals surface area contributed by atoms with Crippen LogP contribution in [0.1, 0.15) is 12.5 Å². The Morgan fingerprint density at radius 2 is 2.21 bits per heavy atom. The summed E-state index contributed by atoms with van der Waals surface area (Å²) in [4.78, 5) is 2.33. The predicted molar refractivity (Wildman–Crippen MR) is 65.8 cm³/mol. The molecule has 14 heavy (non-hydrogen) atoms. The molecule has 0 amide bonds. The Hall–Kier alpha value is -0.0500. The number of rotatable bonds is 5. The van der Waals surface area contributed by atoms with E-state index in [2.05, 4.69) is 46.0 Å². The molecule has 0 aliphatic carbocycles. The van der Waals surface area contributed by atoms with Crippen LogP contribution in [0.3, 0.4) is 0 Å². The summed E-state index contributed by atoms with van der Waals surface area (Å²) in [5.74, 6) is 0.696. The van der Waals surface area contributed by atoms with Gasteiger partial charge in [-0.15, -0.1) is 11.6 Å². The topological polar surface area (TPSA) is 3.24 Å². The quantitative estimate of drug-likeness (QED) is 0.744. The van der Waals surface area contributed by atoms with Crippen LogP contribution in [-0.2, 0) is 6.54 Å².